The molecule has 1 aliphatic rings. The number of nitrogens with zero attached hydrogens (tertiary/aromatic N) is 2. The van der Waals surface area contributed by atoms with Crippen molar-refractivity contribution in [3.05, 3.63) is 70.4 Å². The second-order valence-corrected chi connectivity index (χ2v) is 8.42. The fraction of sp³-hybridized carbons (Fsp3) is 0.273. The fourth-order valence-electron chi connectivity index (χ4n) is 3.61. The maximum atomic E-state index is 13.2. The molecule has 2 aromatic carbocycles. The third-order valence-corrected chi connectivity index (χ3v) is 6.62. The summed E-state index contributed by atoms with van der Waals surface area (Å²) >= 11 is 1.67. The van der Waals surface area contributed by atoms with Gasteiger partial charge in [0.05, 0.1) is 6.67 Å². The Hall–Kier alpha value is -2.70. The van der Waals surface area contributed by atoms with Gasteiger partial charge in [-0.2, -0.15) is 0 Å². The Bertz CT molecular complexity index is 1030. The molecule has 1 fully saturated rings. The van der Waals surface area contributed by atoms with Crippen molar-refractivity contribution in [3.8, 4) is 0 Å². The number of carbonyl (C=O) groups excluding carboxylic acids is 2. The molecule has 2 unspecified atom stereocenters. The molecule has 6 heteroatoms. The van der Waals surface area contributed by atoms with Gasteiger partial charge in [-0.25, -0.2) is 9.69 Å². The summed E-state index contributed by atoms with van der Waals surface area (Å²) in [5, 5.41) is 7.09. The number of hydrogen-bond donors (Lipinski definition) is 1. The summed E-state index contributed by atoms with van der Waals surface area (Å²) in [5.74, 6) is -0.224. The number of rotatable bonds is 5. The quantitative estimate of drug-likeness (QED) is 0.657. The highest BCUT2D eigenvalue weighted by molar-refractivity contribution is 7.10. The van der Waals surface area contributed by atoms with Crippen molar-refractivity contribution < 1.29 is 9.59 Å². The molecule has 2 atom stereocenters. The Morgan fingerprint density at radius 3 is 2.57 bits per heavy atom. The van der Waals surface area contributed by atoms with Crippen molar-refractivity contribution in [1.82, 2.24) is 15.1 Å². The SMILES string of the molecule is CC(c1cccs1)N(C)CN1C(=O)NC(C)(c2ccc3ccccc3c2)C1=O. The van der Waals surface area contributed by atoms with E-state index < -0.39 is 5.54 Å². The average Bonchev–Trinajstić information content (AvgIpc) is 3.31. The first-order chi connectivity index (χ1) is 13.4. The van der Waals surface area contributed by atoms with E-state index in [0.717, 1.165) is 16.3 Å². The molecule has 1 aliphatic heterocycles. The largest absolute Gasteiger partial charge is 0.326 e. The number of thiophene rings is 1. The van der Waals surface area contributed by atoms with Gasteiger partial charge in [-0.05, 0) is 54.7 Å². The van der Waals surface area contributed by atoms with Crippen molar-refractivity contribution >= 4 is 34.0 Å². The number of urea groups is 1. The average molecular weight is 394 g/mol. The van der Waals surface area contributed by atoms with Gasteiger partial charge in [-0.3, -0.25) is 9.69 Å². The molecule has 144 valence electrons. The van der Waals surface area contributed by atoms with E-state index in [1.807, 2.05) is 65.9 Å². The van der Waals surface area contributed by atoms with Crippen LogP contribution in [0.3, 0.4) is 0 Å². The van der Waals surface area contributed by atoms with Gasteiger partial charge in [0.1, 0.15) is 5.54 Å². The lowest BCUT2D eigenvalue weighted by Gasteiger charge is -2.28. The predicted octanol–water partition coefficient (Wildman–Crippen LogP) is 4.32. The summed E-state index contributed by atoms with van der Waals surface area (Å²) in [6.07, 6.45) is 0. The topological polar surface area (TPSA) is 52.6 Å². The Morgan fingerprint density at radius 1 is 1.11 bits per heavy atom. The molecule has 0 spiro atoms. The summed E-state index contributed by atoms with van der Waals surface area (Å²) < 4.78 is 0. The minimum absolute atomic E-state index is 0.119. The number of carbonyl (C=O) groups is 2. The monoisotopic (exact) mass is 393 g/mol. The van der Waals surface area contributed by atoms with Crippen molar-refractivity contribution in [1.29, 1.82) is 0 Å². The summed E-state index contributed by atoms with van der Waals surface area (Å²) in [5.41, 5.74) is -0.269. The van der Waals surface area contributed by atoms with Gasteiger partial charge in [-0.15, -0.1) is 11.3 Å². The summed E-state index contributed by atoms with van der Waals surface area (Å²) in [6, 6.07) is 17.7. The summed E-state index contributed by atoms with van der Waals surface area (Å²) in [4.78, 5) is 30.4. The Balaban J connectivity index is 1.58. The van der Waals surface area contributed by atoms with Crippen LogP contribution >= 0.6 is 11.3 Å². The Kier molecular flexibility index (Phi) is 4.69. The zero-order chi connectivity index (χ0) is 19.9. The highest BCUT2D eigenvalue weighted by atomic mass is 32.1. The summed E-state index contributed by atoms with van der Waals surface area (Å²) in [7, 11) is 1.93. The lowest BCUT2D eigenvalue weighted by atomic mass is 9.90. The van der Waals surface area contributed by atoms with Gasteiger partial charge in [-0.1, -0.05) is 42.5 Å². The second kappa shape index (κ2) is 7.04. The van der Waals surface area contributed by atoms with Gasteiger partial charge in [0.15, 0.2) is 0 Å². The van der Waals surface area contributed by atoms with E-state index >= 15 is 0 Å². The van der Waals surface area contributed by atoms with Gasteiger partial charge >= 0.3 is 6.03 Å². The first kappa shape index (κ1) is 18.7. The molecule has 1 N–H and O–H groups in total. The third kappa shape index (κ3) is 3.08. The maximum Gasteiger partial charge on any atom is 0.326 e. The third-order valence-electron chi connectivity index (χ3n) is 5.58. The van der Waals surface area contributed by atoms with E-state index in [-0.39, 0.29) is 24.6 Å². The normalized spacial score (nSPS) is 20.8. The van der Waals surface area contributed by atoms with Gasteiger partial charge in [0, 0.05) is 10.9 Å². The fourth-order valence-corrected chi connectivity index (χ4v) is 4.46. The van der Waals surface area contributed by atoms with E-state index in [1.165, 1.54) is 9.78 Å². The molecule has 0 bridgehead atoms. The highest BCUT2D eigenvalue weighted by Gasteiger charge is 2.49. The van der Waals surface area contributed by atoms with Gasteiger partial charge < -0.3 is 5.32 Å². The molecule has 28 heavy (non-hydrogen) atoms. The molecule has 0 radical (unpaired) electrons. The van der Waals surface area contributed by atoms with E-state index in [9.17, 15) is 9.59 Å². The van der Waals surface area contributed by atoms with Crippen LogP contribution in [0.1, 0.15) is 30.3 Å². The number of imide groups is 1. The number of nitrogens with one attached hydrogen (secondary N) is 1. The summed E-state index contributed by atoms with van der Waals surface area (Å²) in [6.45, 7) is 4.10. The molecule has 2 heterocycles. The number of fused-ring (bicyclic) bond motifs is 1. The van der Waals surface area contributed by atoms with Crippen molar-refractivity contribution in [3.63, 3.8) is 0 Å². The van der Waals surface area contributed by atoms with Crippen LogP contribution in [0.4, 0.5) is 4.79 Å². The molecule has 3 aromatic rings. The molecular weight excluding hydrogens is 370 g/mol. The predicted molar refractivity (Wildman–Crippen MR) is 112 cm³/mol. The van der Waals surface area contributed by atoms with Crippen molar-refractivity contribution in [2.75, 3.05) is 13.7 Å². The highest BCUT2D eigenvalue weighted by Crippen LogP contribution is 2.32. The Morgan fingerprint density at radius 2 is 1.86 bits per heavy atom. The molecule has 4 rings (SSSR count). The standard InChI is InChI=1S/C22H23N3O2S/c1-15(19-9-6-12-28-19)24(3)14-25-20(26)22(2,23-21(25)27)18-11-10-16-7-4-5-8-17(16)13-18/h4-13,15H,14H2,1-3H3,(H,23,27). The minimum Gasteiger partial charge on any atom is -0.319 e. The first-order valence-electron chi connectivity index (χ1n) is 9.27. The zero-order valence-electron chi connectivity index (χ0n) is 16.2. The van der Waals surface area contributed by atoms with Crippen molar-refractivity contribution in [2.24, 2.45) is 0 Å². The number of benzene rings is 2. The van der Waals surface area contributed by atoms with E-state index in [0.29, 0.717) is 0 Å². The van der Waals surface area contributed by atoms with E-state index in [4.69, 9.17) is 0 Å². The van der Waals surface area contributed by atoms with Gasteiger partial charge in [0.2, 0.25) is 0 Å². The van der Waals surface area contributed by atoms with Crippen LogP contribution in [0.5, 0.6) is 0 Å². The maximum absolute atomic E-state index is 13.2. The zero-order valence-corrected chi connectivity index (χ0v) is 17.0. The van der Waals surface area contributed by atoms with Crippen LogP contribution in [0.15, 0.2) is 60.0 Å². The molecule has 0 aliphatic carbocycles. The molecule has 0 saturated carbocycles. The smallest absolute Gasteiger partial charge is 0.319 e. The van der Waals surface area contributed by atoms with Crippen LogP contribution in [-0.4, -0.2) is 35.5 Å². The molecule has 1 saturated heterocycles. The lowest BCUT2D eigenvalue weighted by molar-refractivity contribution is -0.132. The van der Waals surface area contributed by atoms with Crippen LogP contribution in [-0.2, 0) is 10.3 Å². The van der Waals surface area contributed by atoms with Crippen LogP contribution in [0, 0.1) is 0 Å². The van der Waals surface area contributed by atoms with E-state index in [2.05, 4.69) is 18.3 Å². The van der Waals surface area contributed by atoms with Crippen LogP contribution in [0.25, 0.3) is 10.8 Å². The molecule has 1 aromatic heterocycles. The first-order valence-corrected chi connectivity index (χ1v) is 10.1. The number of amides is 3. The lowest BCUT2D eigenvalue weighted by Crippen LogP contribution is -2.43. The number of hydrogen-bond acceptors (Lipinski definition) is 4. The van der Waals surface area contributed by atoms with Crippen LogP contribution in [0.2, 0.25) is 0 Å². The minimum atomic E-state index is -1.06. The van der Waals surface area contributed by atoms with Crippen LogP contribution < -0.4 is 5.32 Å². The second-order valence-electron chi connectivity index (χ2n) is 7.44. The Labute approximate surface area is 168 Å². The molecule has 3 amide bonds. The van der Waals surface area contributed by atoms with Crippen molar-refractivity contribution in [2.45, 2.75) is 25.4 Å². The molecular formula is C22H23N3O2S. The van der Waals surface area contributed by atoms with E-state index in [1.54, 1.807) is 18.3 Å². The molecule has 5 nitrogen and oxygen atoms in total. The van der Waals surface area contributed by atoms with Gasteiger partial charge in [0.25, 0.3) is 5.91 Å².